The van der Waals surface area contributed by atoms with Gasteiger partial charge in [0.1, 0.15) is 17.3 Å². The Hall–Kier alpha value is -1.97. The van der Waals surface area contributed by atoms with Gasteiger partial charge in [-0.3, -0.25) is 9.59 Å². The van der Waals surface area contributed by atoms with Crippen molar-refractivity contribution >= 4 is 23.4 Å². The van der Waals surface area contributed by atoms with E-state index in [0.717, 1.165) is 0 Å². The summed E-state index contributed by atoms with van der Waals surface area (Å²) in [6.45, 7) is 7.74. The Morgan fingerprint density at radius 3 is 2.38 bits per heavy atom. The maximum Gasteiger partial charge on any atom is 0.312 e. The number of ketones is 1. The molecule has 8 nitrogen and oxygen atoms in total. The van der Waals surface area contributed by atoms with Gasteiger partial charge in [-0.05, 0) is 32.9 Å². The minimum atomic E-state index is -2.32. The molecule has 3 aliphatic rings. The van der Waals surface area contributed by atoms with E-state index < -0.39 is 53.1 Å². The van der Waals surface area contributed by atoms with Crippen LogP contribution in [0.15, 0.2) is 46.4 Å². The Morgan fingerprint density at radius 2 is 1.84 bits per heavy atom. The number of ether oxygens (including phenoxy) is 2. The second-order valence-electron chi connectivity index (χ2n) is 9.04. The Bertz CT molecular complexity index is 946. The quantitative estimate of drug-likeness (QED) is 0.466. The predicted octanol–water partition coefficient (Wildman–Crippen LogP) is 2.24. The van der Waals surface area contributed by atoms with E-state index in [1.165, 1.54) is 33.1 Å². The highest BCUT2D eigenvalue weighted by atomic mass is 35.5. The molecule has 4 N–H and O–H groups in total. The molecule has 3 rings (SSSR count). The van der Waals surface area contributed by atoms with Crippen molar-refractivity contribution in [1.29, 1.82) is 0 Å². The number of fused-ring (bicyclic) bond motifs is 3. The molecule has 2 aliphatic heterocycles. The van der Waals surface area contributed by atoms with Crippen LogP contribution in [0.2, 0.25) is 0 Å². The maximum atomic E-state index is 13.3. The lowest BCUT2D eigenvalue weighted by Crippen LogP contribution is -2.50. The number of hydrogen-bond donors (Lipinski definition) is 4. The number of carbonyl (C=O) groups excluding carboxylic acids is 1. The maximum absolute atomic E-state index is 13.3. The third-order valence-electron chi connectivity index (χ3n) is 6.86. The molecule has 1 fully saturated rings. The van der Waals surface area contributed by atoms with E-state index >= 15 is 0 Å². The van der Waals surface area contributed by atoms with Crippen molar-refractivity contribution < 1.29 is 39.5 Å². The number of aliphatic hydroxyl groups excluding tert-OH is 2. The van der Waals surface area contributed by atoms with Crippen molar-refractivity contribution in [1.82, 2.24) is 0 Å². The average Bonchev–Trinajstić information content (AvgIpc) is 2.98. The van der Waals surface area contributed by atoms with Crippen LogP contribution in [-0.2, 0) is 19.1 Å². The first-order chi connectivity index (χ1) is 14.8. The Balaban J connectivity index is 2.09. The molecule has 0 aromatic heterocycles. The number of carboxylic acids is 1. The lowest BCUT2D eigenvalue weighted by molar-refractivity contribution is -0.268. The van der Waals surface area contributed by atoms with Gasteiger partial charge >= 0.3 is 5.97 Å². The number of rotatable bonds is 6. The van der Waals surface area contributed by atoms with Crippen LogP contribution in [0.1, 0.15) is 34.6 Å². The summed E-state index contributed by atoms with van der Waals surface area (Å²) in [4.78, 5) is 25.6. The molecule has 0 saturated carbocycles. The highest BCUT2D eigenvalue weighted by Crippen LogP contribution is 2.58. The topological polar surface area (TPSA) is 134 Å². The first kappa shape index (κ1) is 24.7. The number of halogens is 1. The fraction of sp³-hybridized carbons (Fsp3) is 0.565. The fourth-order valence-corrected chi connectivity index (χ4v) is 4.80. The summed E-state index contributed by atoms with van der Waals surface area (Å²) >= 11 is 6.40. The minimum absolute atomic E-state index is 0.151. The smallest absolute Gasteiger partial charge is 0.312 e. The number of allylic oxidation sites excluding steroid dienone is 3. The van der Waals surface area contributed by atoms with Gasteiger partial charge in [-0.25, -0.2) is 0 Å². The molecule has 0 amide bonds. The van der Waals surface area contributed by atoms with Gasteiger partial charge in [-0.15, -0.1) is 0 Å². The van der Waals surface area contributed by atoms with Crippen LogP contribution >= 0.6 is 11.6 Å². The SMILES string of the molecule is C[C@H](O)[C@@H](C)[C@@]1(O)O[C@]2(C)C(=O)C(Cl)=C3C=C(C=C[C@@H](C)[C@@H](C)O)OC=C3[C@@H]2[C@@H]1C(=O)O. The van der Waals surface area contributed by atoms with Crippen LogP contribution in [-0.4, -0.2) is 55.8 Å². The molecule has 176 valence electrons. The van der Waals surface area contributed by atoms with Crippen molar-refractivity contribution in [2.45, 2.75) is 58.2 Å². The van der Waals surface area contributed by atoms with Crippen molar-refractivity contribution in [2.75, 3.05) is 0 Å². The van der Waals surface area contributed by atoms with Crippen molar-refractivity contribution in [3.63, 3.8) is 0 Å². The monoisotopic (exact) mass is 468 g/mol. The van der Waals surface area contributed by atoms with Gasteiger partial charge < -0.3 is 29.9 Å². The van der Waals surface area contributed by atoms with Crippen LogP contribution in [0.4, 0.5) is 0 Å². The number of hydrogen-bond acceptors (Lipinski definition) is 7. The zero-order valence-corrected chi connectivity index (χ0v) is 19.3. The predicted molar refractivity (Wildman–Crippen MR) is 115 cm³/mol. The molecular formula is C23H29ClO8. The number of aliphatic carboxylic acids is 1. The van der Waals surface area contributed by atoms with Gasteiger partial charge in [0.2, 0.25) is 5.78 Å². The van der Waals surface area contributed by atoms with E-state index in [2.05, 4.69) is 0 Å². The fourth-order valence-electron chi connectivity index (χ4n) is 4.45. The van der Waals surface area contributed by atoms with E-state index in [1.807, 2.05) is 6.92 Å². The molecule has 0 radical (unpaired) electrons. The first-order valence-corrected chi connectivity index (χ1v) is 10.9. The zero-order chi connectivity index (χ0) is 24.2. The molecule has 0 spiro atoms. The summed E-state index contributed by atoms with van der Waals surface area (Å²) in [5.74, 6) is -7.83. The van der Waals surface area contributed by atoms with Crippen LogP contribution in [0.25, 0.3) is 0 Å². The summed E-state index contributed by atoms with van der Waals surface area (Å²) in [5, 5.41) is 40.9. The number of carbonyl (C=O) groups is 2. The van der Waals surface area contributed by atoms with Crippen molar-refractivity contribution in [3.8, 4) is 0 Å². The third-order valence-corrected chi connectivity index (χ3v) is 7.23. The van der Waals surface area contributed by atoms with E-state index in [0.29, 0.717) is 16.9 Å². The molecule has 0 aromatic rings. The molecule has 9 heteroatoms. The Labute approximate surface area is 191 Å². The standard InChI is InChI=1S/C23H29ClO8/c1-10(12(3)25)6-7-14-8-15-16(9-31-14)17-18(21(28)29)23(30,11(2)13(4)26)32-22(17,5)20(27)19(15)24/h6-13,17-18,25-26,30H,1-5H3,(H,28,29)/t10-,11-,12-,13+,17-,18-,22+,23-/m1/s1. The highest BCUT2D eigenvalue weighted by Gasteiger charge is 2.70. The largest absolute Gasteiger partial charge is 0.481 e. The van der Waals surface area contributed by atoms with Gasteiger partial charge in [0.15, 0.2) is 5.79 Å². The van der Waals surface area contributed by atoms with Gasteiger partial charge in [0.25, 0.3) is 0 Å². The molecule has 0 unspecified atom stereocenters. The van der Waals surface area contributed by atoms with Gasteiger partial charge in [-0.1, -0.05) is 31.5 Å². The second kappa shape index (κ2) is 8.43. The van der Waals surface area contributed by atoms with E-state index in [-0.39, 0.29) is 11.0 Å². The summed E-state index contributed by atoms with van der Waals surface area (Å²) < 4.78 is 11.5. The minimum Gasteiger partial charge on any atom is -0.481 e. The molecule has 1 aliphatic carbocycles. The first-order valence-electron chi connectivity index (χ1n) is 10.5. The number of carboxylic acid groups (broad SMARTS) is 1. The van der Waals surface area contributed by atoms with Crippen molar-refractivity contribution in [2.24, 2.45) is 23.7 Å². The molecule has 8 atom stereocenters. The number of aliphatic hydroxyl groups is 3. The van der Waals surface area contributed by atoms with Crippen LogP contribution in [0.3, 0.4) is 0 Å². The summed E-state index contributed by atoms with van der Waals surface area (Å²) in [5.41, 5.74) is -1.16. The lowest BCUT2D eigenvalue weighted by atomic mass is 9.66. The average molecular weight is 469 g/mol. The lowest BCUT2D eigenvalue weighted by Gasteiger charge is -2.37. The highest BCUT2D eigenvalue weighted by molar-refractivity contribution is 6.45. The Kier molecular flexibility index (Phi) is 6.49. The van der Waals surface area contributed by atoms with Crippen LogP contribution < -0.4 is 0 Å². The van der Waals surface area contributed by atoms with E-state index in [4.69, 9.17) is 21.1 Å². The molecule has 0 aromatic carbocycles. The molecular weight excluding hydrogens is 440 g/mol. The van der Waals surface area contributed by atoms with Gasteiger partial charge in [0, 0.05) is 28.9 Å². The molecule has 32 heavy (non-hydrogen) atoms. The molecule has 0 bridgehead atoms. The number of Topliss-reactive ketones (excluding diaryl/α,β-unsaturated/α-hetero) is 1. The van der Waals surface area contributed by atoms with E-state index in [1.54, 1.807) is 19.1 Å². The van der Waals surface area contributed by atoms with Crippen molar-refractivity contribution in [3.05, 3.63) is 46.4 Å². The summed E-state index contributed by atoms with van der Waals surface area (Å²) in [6.07, 6.45) is 4.54. The summed E-state index contributed by atoms with van der Waals surface area (Å²) in [7, 11) is 0. The molecule has 1 saturated heterocycles. The zero-order valence-electron chi connectivity index (χ0n) is 18.6. The van der Waals surface area contributed by atoms with Gasteiger partial charge in [-0.2, -0.15) is 0 Å². The second-order valence-corrected chi connectivity index (χ2v) is 9.42. The van der Waals surface area contributed by atoms with Crippen LogP contribution in [0, 0.1) is 23.7 Å². The van der Waals surface area contributed by atoms with Crippen LogP contribution in [0.5, 0.6) is 0 Å². The third kappa shape index (κ3) is 3.74. The Morgan fingerprint density at radius 1 is 1.22 bits per heavy atom. The molecule has 2 heterocycles. The normalized spacial score (nSPS) is 36.0. The van der Waals surface area contributed by atoms with Gasteiger partial charge in [0.05, 0.1) is 23.5 Å². The summed E-state index contributed by atoms with van der Waals surface area (Å²) in [6, 6.07) is 0. The van der Waals surface area contributed by atoms with E-state index in [9.17, 15) is 30.0 Å².